The molecule has 1 aromatic heterocycles. The fourth-order valence-electron chi connectivity index (χ4n) is 2.03. The fraction of sp³-hybridized carbons (Fsp3) is 0.235. The van der Waals surface area contributed by atoms with Crippen LogP contribution in [0.1, 0.15) is 30.8 Å². The number of hydrogen-bond donors (Lipinski definition) is 2. The van der Waals surface area contributed by atoms with E-state index in [0.29, 0.717) is 12.2 Å². The molecule has 0 fully saturated rings. The summed E-state index contributed by atoms with van der Waals surface area (Å²) in [5.74, 6) is -0.117. The third-order valence-electron chi connectivity index (χ3n) is 3.13. The number of hydrogen-bond acceptors (Lipinski definition) is 3. The van der Waals surface area contributed by atoms with E-state index >= 15 is 0 Å². The molecule has 2 atom stereocenters. The van der Waals surface area contributed by atoms with Crippen molar-refractivity contribution in [3.05, 3.63) is 65.9 Å². The summed E-state index contributed by atoms with van der Waals surface area (Å²) in [6.07, 6.45) is 4.07. The Kier molecular flexibility index (Phi) is 5.49. The Balaban J connectivity index is 1.82. The molecule has 1 heterocycles. The van der Waals surface area contributed by atoms with Gasteiger partial charge in [0.2, 0.25) is 5.91 Å². The Labute approximate surface area is 128 Å². The molecule has 0 aliphatic carbocycles. The number of nitrogens with one attached hydrogen (secondary N) is 1. The van der Waals surface area contributed by atoms with Crippen molar-refractivity contribution in [1.82, 2.24) is 5.32 Å². The van der Waals surface area contributed by atoms with Gasteiger partial charge >= 0.3 is 0 Å². The molecule has 5 heteroatoms. The second kappa shape index (κ2) is 7.56. The molecular weight excluding hydrogens is 285 g/mol. The second-order valence-electron chi connectivity index (χ2n) is 5.06. The molecule has 4 nitrogen and oxygen atoms in total. The van der Waals surface area contributed by atoms with E-state index in [1.807, 2.05) is 0 Å². The normalized spacial score (nSPS) is 14.0. The Morgan fingerprint density at radius 1 is 1.36 bits per heavy atom. The number of carbonyl (C=O) groups excluding carboxylic acids is 1. The zero-order valence-electron chi connectivity index (χ0n) is 12.2. The van der Waals surface area contributed by atoms with Crippen molar-refractivity contribution in [2.45, 2.75) is 25.5 Å². The monoisotopic (exact) mass is 303 g/mol. The van der Waals surface area contributed by atoms with Crippen molar-refractivity contribution in [2.75, 3.05) is 0 Å². The lowest BCUT2D eigenvalue weighted by atomic mass is 10.1. The molecule has 0 aliphatic heterocycles. The van der Waals surface area contributed by atoms with Gasteiger partial charge in [0.15, 0.2) is 0 Å². The maximum Gasteiger partial charge on any atom is 0.244 e. The van der Waals surface area contributed by atoms with Gasteiger partial charge < -0.3 is 14.8 Å². The minimum Gasteiger partial charge on any atom is -0.467 e. The SMILES string of the molecule is CC(CC(O)c1ccco1)NC(=O)/C=C/c1ccc(F)cc1. The van der Waals surface area contributed by atoms with Crippen molar-refractivity contribution >= 4 is 12.0 Å². The molecule has 22 heavy (non-hydrogen) atoms. The van der Waals surface area contributed by atoms with Gasteiger partial charge in [0, 0.05) is 18.5 Å². The standard InChI is InChI=1S/C17H18FNO3/c1-12(11-15(20)16-3-2-10-22-16)19-17(21)9-6-13-4-7-14(18)8-5-13/h2-10,12,15,20H,11H2,1H3,(H,19,21)/b9-6+. The minimum atomic E-state index is -0.758. The maximum absolute atomic E-state index is 12.8. The van der Waals surface area contributed by atoms with Crippen LogP contribution in [-0.4, -0.2) is 17.1 Å². The van der Waals surface area contributed by atoms with Crippen molar-refractivity contribution in [2.24, 2.45) is 0 Å². The number of aliphatic hydroxyl groups is 1. The minimum absolute atomic E-state index is 0.217. The highest BCUT2D eigenvalue weighted by atomic mass is 19.1. The van der Waals surface area contributed by atoms with E-state index in [0.717, 1.165) is 5.56 Å². The maximum atomic E-state index is 12.8. The fourth-order valence-corrected chi connectivity index (χ4v) is 2.03. The molecule has 2 aromatic rings. The summed E-state index contributed by atoms with van der Waals surface area (Å²) in [5, 5.41) is 12.7. The molecule has 2 N–H and O–H groups in total. The van der Waals surface area contributed by atoms with Gasteiger partial charge in [-0.25, -0.2) is 4.39 Å². The van der Waals surface area contributed by atoms with Crippen LogP contribution in [0.4, 0.5) is 4.39 Å². The van der Waals surface area contributed by atoms with E-state index in [2.05, 4.69) is 5.32 Å². The quantitative estimate of drug-likeness (QED) is 0.806. The number of halogens is 1. The van der Waals surface area contributed by atoms with Gasteiger partial charge in [0.1, 0.15) is 17.7 Å². The van der Waals surface area contributed by atoms with Crippen LogP contribution in [0.5, 0.6) is 0 Å². The lowest BCUT2D eigenvalue weighted by molar-refractivity contribution is -0.117. The van der Waals surface area contributed by atoms with Crippen molar-refractivity contribution < 1.29 is 18.7 Å². The van der Waals surface area contributed by atoms with Crippen LogP contribution in [-0.2, 0) is 4.79 Å². The average Bonchev–Trinajstić information content (AvgIpc) is 3.01. The van der Waals surface area contributed by atoms with Crippen LogP contribution in [0.3, 0.4) is 0 Å². The van der Waals surface area contributed by atoms with Crippen molar-refractivity contribution in [3.8, 4) is 0 Å². The van der Waals surface area contributed by atoms with Gasteiger partial charge in [0.05, 0.1) is 6.26 Å². The third-order valence-corrected chi connectivity index (χ3v) is 3.13. The highest BCUT2D eigenvalue weighted by Crippen LogP contribution is 2.18. The summed E-state index contributed by atoms with van der Waals surface area (Å²) in [6.45, 7) is 1.80. The molecule has 0 radical (unpaired) electrons. The predicted molar refractivity (Wildman–Crippen MR) is 81.3 cm³/mol. The number of benzene rings is 1. The van der Waals surface area contributed by atoms with E-state index in [9.17, 15) is 14.3 Å². The highest BCUT2D eigenvalue weighted by Gasteiger charge is 2.15. The first-order valence-electron chi connectivity index (χ1n) is 7.00. The highest BCUT2D eigenvalue weighted by molar-refractivity contribution is 5.91. The molecular formula is C17H18FNO3. The van der Waals surface area contributed by atoms with Gasteiger partial charge in [-0.05, 0) is 42.8 Å². The summed E-state index contributed by atoms with van der Waals surface area (Å²) >= 11 is 0. The smallest absolute Gasteiger partial charge is 0.244 e. The summed E-state index contributed by atoms with van der Waals surface area (Å²) in [4.78, 5) is 11.8. The number of aliphatic hydroxyl groups excluding tert-OH is 1. The molecule has 0 spiro atoms. The van der Waals surface area contributed by atoms with Gasteiger partial charge in [-0.1, -0.05) is 12.1 Å². The third kappa shape index (κ3) is 4.86. The van der Waals surface area contributed by atoms with Gasteiger partial charge in [-0.3, -0.25) is 4.79 Å². The Morgan fingerprint density at radius 3 is 2.73 bits per heavy atom. The molecule has 116 valence electrons. The number of rotatable bonds is 6. The first-order chi connectivity index (χ1) is 10.5. The Morgan fingerprint density at radius 2 is 2.09 bits per heavy atom. The Hall–Kier alpha value is -2.40. The summed E-state index contributed by atoms with van der Waals surface area (Å²) in [6, 6.07) is 9.01. The number of carbonyl (C=O) groups is 1. The average molecular weight is 303 g/mol. The van der Waals surface area contributed by atoms with Crippen LogP contribution in [0.2, 0.25) is 0 Å². The predicted octanol–water partition coefficient (Wildman–Crippen LogP) is 3.06. The molecule has 0 saturated heterocycles. The van der Waals surface area contributed by atoms with Crippen LogP contribution in [0.15, 0.2) is 53.2 Å². The molecule has 0 saturated carbocycles. The first kappa shape index (κ1) is 16.0. The molecule has 0 aliphatic rings. The van der Waals surface area contributed by atoms with Gasteiger partial charge in [0.25, 0.3) is 0 Å². The van der Waals surface area contributed by atoms with E-state index in [1.54, 1.807) is 37.3 Å². The van der Waals surface area contributed by atoms with E-state index in [4.69, 9.17) is 4.42 Å². The second-order valence-corrected chi connectivity index (χ2v) is 5.06. The molecule has 1 amide bonds. The van der Waals surface area contributed by atoms with E-state index < -0.39 is 6.10 Å². The van der Waals surface area contributed by atoms with Gasteiger partial charge in [-0.15, -0.1) is 0 Å². The lowest BCUT2D eigenvalue weighted by Crippen LogP contribution is -2.32. The summed E-state index contributed by atoms with van der Waals surface area (Å²) in [5.41, 5.74) is 0.736. The topological polar surface area (TPSA) is 62.5 Å². The molecule has 2 unspecified atom stereocenters. The molecule has 0 bridgehead atoms. The Bertz CT molecular complexity index is 620. The summed E-state index contributed by atoms with van der Waals surface area (Å²) in [7, 11) is 0. The van der Waals surface area contributed by atoms with Gasteiger partial charge in [-0.2, -0.15) is 0 Å². The zero-order chi connectivity index (χ0) is 15.9. The van der Waals surface area contributed by atoms with Crippen LogP contribution < -0.4 is 5.32 Å². The van der Waals surface area contributed by atoms with Crippen LogP contribution in [0.25, 0.3) is 6.08 Å². The first-order valence-corrected chi connectivity index (χ1v) is 7.00. The van der Waals surface area contributed by atoms with Crippen LogP contribution >= 0.6 is 0 Å². The largest absolute Gasteiger partial charge is 0.467 e. The lowest BCUT2D eigenvalue weighted by Gasteiger charge is -2.15. The van der Waals surface area contributed by atoms with E-state index in [-0.39, 0.29) is 17.8 Å². The van der Waals surface area contributed by atoms with E-state index in [1.165, 1.54) is 24.5 Å². The summed E-state index contributed by atoms with van der Waals surface area (Å²) < 4.78 is 17.9. The molecule has 1 aromatic carbocycles. The number of amides is 1. The molecule has 2 rings (SSSR count). The van der Waals surface area contributed by atoms with Crippen molar-refractivity contribution in [3.63, 3.8) is 0 Å². The zero-order valence-corrected chi connectivity index (χ0v) is 12.2. The van der Waals surface area contributed by atoms with Crippen molar-refractivity contribution in [1.29, 1.82) is 0 Å². The number of furan rings is 1. The van der Waals surface area contributed by atoms with Crippen LogP contribution in [0, 0.1) is 5.82 Å².